The molecule has 0 atom stereocenters. The van der Waals surface area contributed by atoms with Gasteiger partial charge < -0.3 is 4.48 Å². The molecular weight excluding hydrogens is 561 g/mol. The summed E-state index contributed by atoms with van der Waals surface area (Å²) in [5.74, 6) is 0. The van der Waals surface area contributed by atoms with Gasteiger partial charge in [0, 0.05) is 0 Å². The number of hydrogen-bond acceptors (Lipinski definition) is 0. The van der Waals surface area contributed by atoms with Crippen molar-refractivity contribution in [1.82, 2.24) is 0 Å². The van der Waals surface area contributed by atoms with E-state index in [4.69, 9.17) is 0 Å². The molecule has 0 aromatic carbocycles. The molecular formula is C8H20AuI2N. The van der Waals surface area contributed by atoms with Crippen LogP contribution in [-0.4, -0.2) is 30.7 Å². The summed E-state index contributed by atoms with van der Waals surface area (Å²) in [7, 11) is 0. The Morgan fingerprint density at radius 3 is 1.00 bits per heavy atom. The number of hydrogen-bond donors (Lipinski definition) is 0. The molecule has 0 aromatic rings. The Kier molecular flexibility index (Phi) is 15.5. The Balaban J connectivity index is 0. The molecule has 0 saturated heterocycles. The fourth-order valence-corrected chi connectivity index (χ4v) is 1.34. The molecule has 0 fully saturated rings. The van der Waals surface area contributed by atoms with Gasteiger partial charge in [-0.3, -0.25) is 0 Å². The number of quaternary nitrogens is 1. The van der Waals surface area contributed by atoms with Crippen molar-refractivity contribution in [1.29, 1.82) is 0 Å². The van der Waals surface area contributed by atoms with Gasteiger partial charge in [-0.25, -0.2) is 0 Å². The van der Waals surface area contributed by atoms with Gasteiger partial charge in [-0.15, -0.1) is 0 Å². The monoisotopic (exact) mass is 581 g/mol. The zero-order valence-corrected chi connectivity index (χ0v) is 14.8. The van der Waals surface area contributed by atoms with Gasteiger partial charge in [-0.1, -0.05) is 0 Å². The van der Waals surface area contributed by atoms with E-state index in [-0.39, 0.29) is 0 Å². The van der Waals surface area contributed by atoms with E-state index in [1.807, 2.05) is 0 Å². The van der Waals surface area contributed by atoms with Crippen LogP contribution >= 0.6 is 38.0 Å². The van der Waals surface area contributed by atoms with Crippen LogP contribution in [0.25, 0.3) is 0 Å². The summed E-state index contributed by atoms with van der Waals surface area (Å²) < 4.78 is 1.28. The van der Waals surface area contributed by atoms with Crippen LogP contribution in [-0.2, 0) is 12.1 Å². The molecule has 0 saturated carbocycles. The first-order valence-electron chi connectivity index (χ1n) is 4.32. The average molecular weight is 581 g/mol. The zero-order chi connectivity index (χ0) is 10.0. The Morgan fingerprint density at radius 1 is 0.833 bits per heavy atom. The summed E-state index contributed by atoms with van der Waals surface area (Å²) in [6, 6.07) is 0. The summed E-state index contributed by atoms with van der Waals surface area (Å²) in [6.07, 6.45) is 0. The first-order valence-corrected chi connectivity index (χ1v) is 16.6. The number of halogens is 2. The molecule has 0 heterocycles. The van der Waals surface area contributed by atoms with Gasteiger partial charge in [0.05, 0.1) is 26.2 Å². The predicted molar refractivity (Wildman–Crippen MR) is 70.5 cm³/mol. The second-order valence-corrected chi connectivity index (χ2v) is 18.5. The van der Waals surface area contributed by atoms with Crippen LogP contribution in [0.4, 0.5) is 0 Å². The Hall–Kier alpha value is 2.16. The van der Waals surface area contributed by atoms with Crippen LogP contribution < -0.4 is 0 Å². The molecule has 0 aromatic heterocycles. The molecule has 0 aliphatic carbocycles. The molecule has 4 heteroatoms. The van der Waals surface area contributed by atoms with E-state index in [1.165, 1.54) is 30.7 Å². The fraction of sp³-hybridized carbons (Fsp3) is 1.00. The van der Waals surface area contributed by atoms with E-state index in [9.17, 15) is 0 Å². The molecule has 1 nitrogen and oxygen atoms in total. The van der Waals surface area contributed by atoms with Crippen molar-refractivity contribution in [2.24, 2.45) is 0 Å². The summed E-state index contributed by atoms with van der Waals surface area (Å²) >= 11 is 5.35. The fourth-order valence-electron chi connectivity index (χ4n) is 1.34. The molecule has 0 radical (unpaired) electrons. The molecule has 0 aliphatic rings. The Morgan fingerprint density at radius 2 is 1.00 bits per heavy atom. The summed E-state index contributed by atoms with van der Waals surface area (Å²) in [6.45, 7) is 14.2. The maximum absolute atomic E-state index is 2.37. The molecule has 12 heavy (non-hydrogen) atoms. The summed E-state index contributed by atoms with van der Waals surface area (Å²) in [4.78, 5) is 0. The third-order valence-electron chi connectivity index (χ3n) is 2.68. The third-order valence-corrected chi connectivity index (χ3v) is 2.68. The maximum atomic E-state index is 2.37. The van der Waals surface area contributed by atoms with Gasteiger partial charge in [0.2, 0.25) is 0 Å². The average Bonchev–Trinajstić information content (AvgIpc) is 2.11. The van der Waals surface area contributed by atoms with Crippen LogP contribution in [0.3, 0.4) is 0 Å². The SMILES string of the molecule is CC[N+](CC)(CC)CC.[I][Au-][I]. The van der Waals surface area contributed by atoms with Crippen molar-refractivity contribution in [2.75, 3.05) is 26.2 Å². The first kappa shape index (κ1) is 16.6. The van der Waals surface area contributed by atoms with Gasteiger partial charge in [0.1, 0.15) is 0 Å². The van der Waals surface area contributed by atoms with Gasteiger partial charge in [0.25, 0.3) is 0 Å². The Bertz CT molecular complexity index is 69.6. The van der Waals surface area contributed by atoms with E-state index >= 15 is 0 Å². The standard InChI is InChI=1S/C8H20N.Au.2HI/c1-5-9(6-2,7-3)8-4;;;/h5-8H2,1-4H3;;2*1H/q2*+1;;/p-2. The van der Waals surface area contributed by atoms with E-state index in [2.05, 4.69) is 65.7 Å². The Labute approximate surface area is 107 Å². The van der Waals surface area contributed by atoms with Crippen molar-refractivity contribution in [3.8, 4) is 0 Å². The van der Waals surface area contributed by atoms with Crippen molar-refractivity contribution < 1.29 is 16.6 Å². The predicted octanol–water partition coefficient (Wildman–Crippen LogP) is 3.65. The van der Waals surface area contributed by atoms with Gasteiger partial charge >= 0.3 is 50.2 Å². The van der Waals surface area contributed by atoms with Gasteiger partial charge in [-0.2, -0.15) is 0 Å². The third kappa shape index (κ3) is 7.55. The molecule has 0 rings (SSSR count). The van der Waals surface area contributed by atoms with E-state index in [0.29, 0.717) is 12.1 Å². The minimum atomic E-state index is 0.607. The summed E-state index contributed by atoms with van der Waals surface area (Å²) in [5, 5.41) is 0. The van der Waals surface area contributed by atoms with Crippen molar-refractivity contribution in [2.45, 2.75) is 27.7 Å². The first-order chi connectivity index (χ1) is 5.66. The van der Waals surface area contributed by atoms with Crippen molar-refractivity contribution in [3.05, 3.63) is 0 Å². The minimum absolute atomic E-state index is 0.607. The second-order valence-electron chi connectivity index (χ2n) is 2.65. The van der Waals surface area contributed by atoms with E-state index < -0.39 is 0 Å². The van der Waals surface area contributed by atoms with Crippen LogP contribution in [0.5, 0.6) is 0 Å². The molecule has 0 unspecified atom stereocenters. The van der Waals surface area contributed by atoms with E-state index in [1.54, 1.807) is 0 Å². The molecule has 0 aliphatic heterocycles. The quantitative estimate of drug-likeness (QED) is 0.271. The topological polar surface area (TPSA) is 0 Å². The molecule has 82 valence electrons. The van der Waals surface area contributed by atoms with Crippen LogP contribution in [0.2, 0.25) is 0 Å². The normalized spacial score (nSPS) is 10.8. The van der Waals surface area contributed by atoms with Crippen LogP contribution in [0.15, 0.2) is 0 Å². The molecule has 0 amide bonds. The zero-order valence-electron chi connectivity index (χ0n) is 8.33. The molecule has 0 bridgehead atoms. The van der Waals surface area contributed by atoms with Gasteiger partial charge in [0.15, 0.2) is 0 Å². The van der Waals surface area contributed by atoms with Crippen LogP contribution in [0.1, 0.15) is 27.7 Å². The molecule has 0 N–H and O–H groups in total. The summed E-state index contributed by atoms with van der Waals surface area (Å²) in [5.41, 5.74) is 0. The van der Waals surface area contributed by atoms with Gasteiger partial charge in [-0.05, 0) is 27.7 Å². The second kappa shape index (κ2) is 11.2. The van der Waals surface area contributed by atoms with E-state index in [0.717, 1.165) is 0 Å². The van der Waals surface area contributed by atoms with Crippen molar-refractivity contribution >= 4 is 38.0 Å². The van der Waals surface area contributed by atoms with Crippen molar-refractivity contribution in [3.63, 3.8) is 0 Å². The van der Waals surface area contributed by atoms with Crippen LogP contribution in [0, 0.1) is 0 Å². The number of rotatable bonds is 4. The molecule has 0 spiro atoms. The number of nitrogens with zero attached hydrogens (tertiary/aromatic N) is 1.